The molecule has 1 aliphatic heterocycles. The van der Waals surface area contributed by atoms with Crippen LogP contribution < -0.4 is 0 Å². The molecule has 1 aromatic rings. The van der Waals surface area contributed by atoms with Crippen LogP contribution >= 0.6 is 21.6 Å². The molecule has 0 saturated carbocycles. The van der Waals surface area contributed by atoms with E-state index in [1.54, 1.807) is 10.8 Å². The standard InChI is InChI=1S/C13H14O2S2/c14-12(8-10-4-2-1-3-5-10)9-11-6-7-16-17-13(11)15/h1-5,11H,6-9H2. The largest absolute Gasteiger partial charge is 0.299 e. The van der Waals surface area contributed by atoms with E-state index < -0.39 is 0 Å². The first kappa shape index (κ1) is 12.7. The Labute approximate surface area is 109 Å². The first-order valence-corrected chi connectivity index (χ1v) is 7.96. The van der Waals surface area contributed by atoms with Gasteiger partial charge in [0.2, 0.25) is 5.12 Å². The molecule has 1 fully saturated rings. The molecule has 1 aromatic carbocycles. The number of benzene rings is 1. The molecule has 0 amide bonds. The summed E-state index contributed by atoms with van der Waals surface area (Å²) in [6, 6.07) is 9.70. The highest BCUT2D eigenvalue weighted by Gasteiger charge is 2.25. The summed E-state index contributed by atoms with van der Waals surface area (Å²) in [5.74, 6) is 1.08. The van der Waals surface area contributed by atoms with Gasteiger partial charge < -0.3 is 0 Å². The van der Waals surface area contributed by atoms with Gasteiger partial charge in [-0.1, -0.05) is 41.1 Å². The Morgan fingerprint density at radius 2 is 2.06 bits per heavy atom. The van der Waals surface area contributed by atoms with Crippen LogP contribution in [0, 0.1) is 5.92 Å². The lowest BCUT2D eigenvalue weighted by Crippen LogP contribution is -2.20. The fraction of sp³-hybridized carbons (Fsp3) is 0.385. The molecule has 2 nitrogen and oxygen atoms in total. The zero-order valence-corrected chi connectivity index (χ0v) is 11.1. The van der Waals surface area contributed by atoms with Crippen LogP contribution in [0.5, 0.6) is 0 Å². The summed E-state index contributed by atoms with van der Waals surface area (Å²) in [6.07, 6.45) is 1.70. The highest BCUT2D eigenvalue weighted by atomic mass is 33.1. The molecule has 0 aliphatic carbocycles. The molecule has 0 N–H and O–H groups in total. The summed E-state index contributed by atoms with van der Waals surface area (Å²) in [5.41, 5.74) is 1.03. The molecule has 1 saturated heterocycles. The third-order valence-electron chi connectivity index (χ3n) is 2.74. The summed E-state index contributed by atoms with van der Waals surface area (Å²) in [5, 5.41) is 0.169. The van der Waals surface area contributed by atoms with E-state index in [1.165, 1.54) is 10.8 Å². The van der Waals surface area contributed by atoms with E-state index >= 15 is 0 Å². The van der Waals surface area contributed by atoms with Crippen LogP contribution in [-0.4, -0.2) is 16.7 Å². The Hall–Kier alpha value is -0.740. The molecule has 1 aliphatic rings. The van der Waals surface area contributed by atoms with Gasteiger partial charge in [-0.3, -0.25) is 9.59 Å². The number of carbonyl (C=O) groups excluding carboxylic acids is 2. The first-order chi connectivity index (χ1) is 8.25. The van der Waals surface area contributed by atoms with E-state index in [0.717, 1.165) is 17.7 Å². The van der Waals surface area contributed by atoms with Crippen molar-refractivity contribution in [2.24, 2.45) is 5.92 Å². The van der Waals surface area contributed by atoms with Crippen molar-refractivity contribution in [3.63, 3.8) is 0 Å². The molecule has 90 valence electrons. The maximum absolute atomic E-state index is 11.9. The van der Waals surface area contributed by atoms with Gasteiger partial charge in [0.05, 0.1) is 0 Å². The van der Waals surface area contributed by atoms with Crippen LogP contribution in [-0.2, 0) is 16.0 Å². The van der Waals surface area contributed by atoms with Gasteiger partial charge >= 0.3 is 0 Å². The van der Waals surface area contributed by atoms with Crippen molar-refractivity contribution in [1.29, 1.82) is 0 Å². The molecule has 1 unspecified atom stereocenters. The normalized spacial score (nSPS) is 20.2. The SMILES string of the molecule is O=C(Cc1ccccc1)CC1CCSSC1=O. The minimum Gasteiger partial charge on any atom is -0.299 e. The van der Waals surface area contributed by atoms with Gasteiger partial charge in [0, 0.05) is 24.5 Å². The number of carbonyl (C=O) groups is 2. The molecule has 0 aromatic heterocycles. The zero-order chi connectivity index (χ0) is 12.1. The fourth-order valence-corrected chi connectivity index (χ4v) is 4.04. The van der Waals surface area contributed by atoms with E-state index in [1.807, 2.05) is 30.3 Å². The Bertz CT molecular complexity index is 403. The van der Waals surface area contributed by atoms with Crippen molar-refractivity contribution < 1.29 is 9.59 Å². The lowest BCUT2D eigenvalue weighted by Gasteiger charge is -2.18. The first-order valence-electron chi connectivity index (χ1n) is 5.64. The lowest BCUT2D eigenvalue weighted by atomic mass is 9.97. The van der Waals surface area contributed by atoms with Crippen molar-refractivity contribution in [3.05, 3.63) is 35.9 Å². The van der Waals surface area contributed by atoms with Crippen molar-refractivity contribution in [2.75, 3.05) is 5.75 Å². The molecule has 0 radical (unpaired) electrons. The van der Waals surface area contributed by atoms with Crippen LogP contribution in [0.25, 0.3) is 0 Å². The van der Waals surface area contributed by atoms with Crippen LogP contribution in [0.4, 0.5) is 0 Å². The second-order valence-electron chi connectivity index (χ2n) is 4.12. The van der Waals surface area contributed by atoms with Gasteiger partial charge in [-0.05, 0) is 22.8 Å². The average molecular weight is 266 g/mol. The Morgan fingerprint density at radius 3 is 2.76 bits per heavy atom. The summed E-state index contributed by atoms with van der Waals surface area (Å²) < 4.78 is 0. The summed E-state index contributed by atoms with van der Waals surface area (Å²) in [7, 11) is 2.89. The number of rotatable bonds is 4. The van der Waals surface area contributed by atoms with Crippen LogP contribution in [0.2, 0.25) is 0 Å². The number of hydrogen-bond acceptors (Lipinski definition) is 4. The van der Waals surface area contributed by atoms with Gasteiger partial charge in [-0.15, -0.1) is 0 Å². The topological polar surface area (TPSA) is 34.1 Å². The molecule has 1 heterocycles. The summed E-state index contributed by atoms with van der Waals surface area (Å²) in [4.78, 5) is 23.4. The minimum absolute atomic E-state index is 0.0579. The van der Waals surface area contributed by atoms with E-state index in [9.17, 15) is 9.59 Å². The van der Waals surface area contributed by atoms with E-state index in [0.29, 0.717) is 12.8 Å². The van der Waals surface area contributed by atoms with Crippen LogP contribution in [0.1, 0.15) is 18.4 Å². The molecule has 1 atom stereocenters. The molecule has 0 bridgehead atoms. The molecule has 2 rings (SSSR count). The highest BCUT2D eigenvalue weighted by Crippen LogP contribution is 2.35. The maximum atomic E-state index is 11.9. The monoisotopic (exact) mass is 266 g/mol. The van der Waals surface area contributed by atoms with E-state index in [4.69, 9.17) is 0 Å². The van der Waals surface area contributed by atoms with Crippen molar-refractivity contribution >= 4 is 32.5 Å². The molecule has 4 heteroatoms. The predicted octanol–water partition coefficient (Wildman–Crippen LogP) is 3.12. The zero-order valence-electron chi connectivity index (χ0n) is 9.43. The van der Waals surface area contributed by atoms with Gasteiger partial charge in [-0.25, -0.2) is 0 Å². The second kappa shape index (κ2) is 6.26. The molecular formula is C13H14O2S2. The number of hydrogen-bond donors (Lipinski definition) is 0. The molecular weight excluding hydrogens is 252 g/mol. The summed E-state index contributed by atoms with van der Waals surface area (Å²) >= 11 is 0. The quantitative estimate of drug-likeness (QED) is 0.784. The van der Waals surface area contributed by atoms with E-state index in [2.05, 4.69) is 0 Å². The lowest BCUT2D eigenvalue weighted by molar-refractivity contribution is -0.123. The van der Waals surface area contributed by atoms with Crippen molar-refractivity contribution in [3.8, 4) is 0 Å². The maximum Gasteiger partial charge on any atom is 0.202 e. The van der Waals surface area contributed by atoms with Gasteiger partial charge in [0.1, 0.15) is 5.78 Å². The average Bonchev–Trinajstić information content (AvgIpc) is 2.33. The van der Waals surface area contributed by atoms with Gasteiger partial charge in [0.25, 0.3) is 0 Å². The Morgan fingerprint density at radius 1 is 1.29 bits per heavy atom. The molecule has 0 spiro atoms. The third kappa shape index (κ3) is 3.89. The third-order valence-corrected chi connectivity index (χ3v) is 5.11. The van der Waals surface area contributed by atoms with Crippen LogP contribution in [0.3, 0.4) is 0 Å². The van der Waals surface area contributed by atoms with Gasteiger partial charge in [0.15, 0.2) is 0 Å². The summed E-state index contributed by atoms with van der Waals surface area (Å²) in [6.45, 7) is 0. The Kier molecular flexibility index (Phi) is 4.68. The van der Waals surface area contributed by atoms with Crippen molar-refractivity contribution in [1.82, 2.24) is 0 Å². The van der Waals surface area contributed by atoms with Crippen LogP contribution in [0.15, 0.2) is 30.3 Å². The second-order valence-corrected chi connectivity index (χ2v) is 6.54. The smallest absolute Gasteiger partial charge is 0.202 e. The van der Waals surface area contributed by atoms with E-state index in [-0.39, 0.29) is 16.8 Å². The minimum atomic E-state index is -0.0579. The Balaban J connectivity index is 1.87. The number of Topliss-reactive ketones (excluding diaryl/α,β-unsaturated/α-hetero) is 1. The van der Waals surface area contributed by atoms with Gasteiger partial charge in [-0.2, -0.15) is 0 Å². The predicted molar refractivity (Wildman–Crippen MR) is 72.9 cm³/mol. The number of ketones is 1. The van der Waals surface area contributed by atoms with Crippen molar-refractivity contribution in [2.45, 2.75) is 19.3 Å². The molecule has 17 heavy (non-hydrogen) atoms. The highest BCUT2D eigenvalue weighted by molar-refractivity contribution is 8.82. The fourth-order valence-electron chi connectivity index (χ4n) is 1.83.